The standard InChI is InChI=1S/C47H73N3O6/c1-30(2)39-33(51)26-47(36(52)29-50(25-24-49(10)11)28-31-14-12-13-23-48-31)22-21-45(8)32(40(39)47)15-16-35-44(7)19-18-37(56-38(53)27-42(3,4)41(54)55)43(5,6)34(44)17-20-46(35,45)9/h12-14,23,30,32,34-37,52H,15-22,24-29H2,1-11H3,(H,54,55)/t32-,34+,35-,36+,37+,44+,45-,46-,47+/m1/s1. The first-order chi connectivity index (χ1) is 26.0. The van der Waals surface area contributed by atoms with Crippen molar-refractivity contribution in [1.29, 1.82) is 0 Å². The van der Waals surface area contributed by atoms with Crippen molar-refractivity contribution in [3.63, 3.8) is 0 Å². The Labute approximate surface area is 337 Å². The quantitative estimate of drug-likeness (QED) is 0.191. The highest BCUT2D eigenvalue weighted by Gasteiger charge is 2.71. The molecule has 2 N–H and O–H groups in total. The van der Waals surface area contributed by atoms with E-state index in [9.17, 15) is 24.6 Å². The number of fused-ring (bicyclic) bond motifs is 7. The van der Waals surface area contributed by atoms with E-state index in [-0.39, 0.29) is 51.8 Å². The Hall–Kier alpha value is -2.62. The van der Waals surface area contributed by atoms with Crippen LogP contribution in [0, 0.1) is 56.2 Å². The highest BCUT2D eigenvalue weighted by atomic mass is 16.5. The molecule has 0 saturated heterocycles. The first-order valence-electron chi connectivity index (χ1n) is 21.7. The van der Waals surface area contributed by atoms with Crippen molar-refractivity contribution < 1.29 is 29.3 Å². The van der Waals surface area contributed by atoms with E-state index < -0.39 is 28.9 Å². The Bertz CT molecular complexity index is 1690. The highest BCUT2D eigenvalue weighted by Crippen LogP contribution is 2.77. The number of carbonyl (C=O) groups is 3. The Morgan fingerprint density at radius 3 is 2.29 bits per heavy atom. The first-order valence-corrected chi connectivity index (χ1v) is 21.7. The fourth-order valence-electron chi connectivity index (χ4n) is 13.6. The molecule has 0 aromatic carbocycles. The number of Topliss-reactive ketones (excluding diaryl/α,β-unsaturated/α-hetero) is 1. The molecule has 1 aromatic rings. The molecule has 0 amide bonds. The molecular weight excluding hydrogens is 703 g/mol. The third-order valence-electron chi connectivity index (χ3n) is 16.9. The topological polar surface area (TPSA) is 120 Å². The van der Waals surface area contributed by atoms with Gasteiger partial charge >= 0.3 is 11.9 Å². The minimum atomic E-state index is -1.17. The number of carboxylic acids is 1. The summed E-state index contributed by atoms with van der Waals surface area (Å²) in [5.41, 5.74) is 1.39. The number of allylic oxidation sites excluding steroid dienone is 1. The van der Waals surface area contributed by atoms with Crippen molar-refractivity contribution in [2.75, 3.05) is 33.7 Å². The molecule has 0 radical (unpaired) electrons. The van der Waals surface area contributed by atoms with Crippen LogP contribution in [0.15, 0.2) is 35.5 Å². The molecule has 1 aromatic heterocycles. The normalized spacial score (nSPS) is 35.9. The maximum absolute atomic E-state index is 14.3. The van der Waals surface area contributed by atoms with Gasteiger partial charge in [-0.1, -0.05) is 60.1 Å². The largest absolute Gasteiger partial charge is 0.481 e. The van der Waals surface area contributed by atoms with E-state index in [1.807, 2.05) is 18.3 Å². The van der Waals surface area contributed by atoms with Gasteiger partial charge in [-0.25, -0.2) is 0 Å². The zero-order valence-corrected chi connectivity index (χ0v) is 36.5. The molecular formula is C47H73N3O6. The number of pyridine rings is 1. The van der Waals surface area contributed by atoms with E-state index >= 15 is 0 Å². The molecule has 6 rings (SSSR count). The number of likely N-dealkylation sites (N-methyl/N-ethyl adjacent to an activating group) is 1. The van der Waals surface area contributed by atoms with Crippen molar-refractivity contribution in [2.24, 2.45) is 56.2 Å². The van der Waals surface area contributed by atoms with Gasteiger partial charge in [-0.15, -0.1) is 0 Å². The van der Waals surface area contributed by atoms with Gasteiger partial charge in [0.25, 0.3) is 0 Å². The number of ketones is 1. The zero-order valence-electron chi connectivity index (χ0n) is 36.5. The number of esters is 1. The van der Waals surface area contributed by atoms with Crippen molar-refractivity contribution >= 4 is 17.7 Å². The number of ether oxygens (including phenoxy) is 1. The van der Waals surface area contributed by atoms with Crippen molar-refractivity contribution in [3.05, 3.63) is 41.2 Å². The number of aliphatic hydroxyl groups is 1. The summed E-state index contributed by atoms with van der Waals surface area (Å²) in [5, 5.41) is 22.3. The van der Waals surface area contributed by atoms with Gasteiger partial charge in [0.1, 0.15) is 6.10 Å². The fourth-order valence-corrected chi connectivity index (χ4v) is 13.6. The Kier molecular flexibility index (Phi) is 11.7. The van der Waals surface area contributed by atoms with Crippen molar-refractivity contribution in [2.45, 2.75) is 145 Å². The smallest absolute Gasteiger partial charge is 0.309 e. The number of aromatic nitrogens is 1. The average molecular weight is 776 g/mol. The van der Waals surface area contributed by atoms with Gasteiger partial charge in [0.05, 0.1) is 23.6 Å². The summed E-state index contributed by atoms with van der Waals surface area (Å²) in [6.07, 6.45) is 9.00. The molecule has 0 aliphatic heterocycles. The van der Waals surface area contributed by atoms with Crippen LogP contribution >= 0.6 is 0 Å². The van der Waals surface area contributed by atoms with Crippen LogP contribution in [0.2, 0.25) is 0 Å². The lowest BCUT2D eigenvalue weighted by atomic mass is 9.33. The van der Waals surface area contributed by atoms with Crippen LogP contribution in [0.3, 0.4) is 0 Å². The summed E-state index contributed by atoms with van der Waals surface area (Å²) in [6.45, 7) is 22.6. The minimum absolute atomic E-state index is 0.0261. The number of aliphatic carboxylic acids is 1. The van der Waals surface area contributed by atoms with E-state index in [2.05, 4.69) is 83.4 Å². The maximum Gasteiger partial charge on any atom is 0.309 e. The van der Waals surface area contributed by atoms with Crippen LogP contribution < -0.4 is 0 Å². The van der Waals surface area contributed by atoms with E-state index in [0.717, 1.165) is 75.7 Å². The van der Waals surface area contributed by atoms with E-state index in [1.165, 1.54) is 5.57 Å². The lowest BCUT2D eigenvalue weighted by Crippen LogP contribution is -2.66. The van der Waals surface area contributed by atoms with Gasteiger partial charge in [-0.3, -0.25) is 24.3 Å². The Morgan fingerprint density at radius 1 is 0.946 bits per heavy atom. The molecule has 4 saturated carbocycles. The second-order valence-electron chi connectivity index (χ2n) is 21.4. The van der Waals surface area contributed by atoms with Crippen LogP contribution in [0.25, 0.3) is 0 Å². The summed E-state index contributed by atoms with van der Waals surface area (Å²) >= 11 is 0. The van der Waals surface area contributed by atoms with Gasteiger partial charge in [0, 0.05) is 49.6 Å². The van der Waals surface area contributed by atoms with E-state index in [4.69, 9.17) is 4.74 Å². The molecule has 0 spiro atoms. The third kappa shape index (κ3) is 7.12. The lowest BCUT2D eigenvalue weighted by molar-refractivity contribution is -0.235. The van der Waals surface area contributed by atoms with Crippen molar-refractivity contribution in [3.8, 4) is 0 Å². The molecule has 0 unspecified atom stereocenters. The van der Waals surface area contributed by atoms with Gasteiger partial charge in [-0.2, -0.15) is 0 Å². The molecule has 312 valence electrons. The second kappa shape index (κ2) is 15.2. The third-order valence-corrected chi connectivity index (χ3v) is 16.9. The van der Waals surface area contributed by atoms with Gasteiger partial charge < -0.3 is 19.8 Å². The van der Waals surface area contributed by atoms with Crippen molar-refractivity contribution in [1.82, 2.24) is 14.8 Å². The molecule has 4 fully saturated rings. The highest BCUT2D eigenvalue weighted by molar-refractivity contribution is 6.00. The summed E-state index contributed by atoms with van der Waals surface area (Å²) in [5.74, 6) is 0.0227. The molecule has 9 atom stereocenters. The summed E-state index contributed by atoms with van der Waals surface area (Å²) in [7, 11) is 4.17. The summed E-state index contributed by atoms with van der Waals surface area (Å²) in [4.78, 5) is 48.4. The SMILES string of the molecule is CC(C)C1=C2[C@H]3CC[C@@H]4[C@@]5(C)CC[C@H](OC(=O)CC(C)(C)C(=O)O)C(C)(C)[C@@H]5CC[C@@]4(C)[C@]3(C)CC[C@@]2([C@@H](O)CN(CCN(C)C)Cc2ccccn2)CC1=O. The summed E-state index contributed by atoms with van der Waals surface area (Å²) < 4.78 is 6.19. The summed E-state index contributed by atoms with van der Waals surface area (Å²) in [6, 6.07) is 6.01. The molecule has 0 bridgehead atoms. The van der Waals surface area contributed by atoms with Crippen LogP contribution in [-0.4, -0.2) is 88.7 Å². The molecule has 1 heterocycles. The number of aliphatic hydroxyl groups excluding tert-OH is 1. The lowest BCUT2D eigenvalue weighted by Gasteiger charge is -2.72. The molecule has 9 nitrogen and oxygen atoms in total. The Balaban J connectivity index is 1.29. The number of nitrogens with zero attached hydrogens (tertiary/aromatic N) is 3. The number of carbonyl (C=O) groups excluding carboxylic acids is 2. The number of carboxylic acid groups (broad SMARTS) is 1. The second-order valence-corrected chi connectivity index (χ2v) is 21.4. The number of hydrogen-bond acceptors (Lipinski definition) is 8. The average Bonchev–Trinajstić information content (AvgIpc) is 3.42. The van der Waals surface area contributed by atoms with Crippen LogP contribution in [0.4, 0.5) is 0 Å². The minimum Gasteiger partial charge on any atom is -0.481 e. The van der Waals surface area contributed by atoms with Crippen LogP contribution in [0.1, 0.15) is 132 Å². The predicted molar refractivity (Wildman–Crippen MR) is 219 cm³/mol. The van der Waals surface area contributed by atoms with Crippen LogP contribution in [-0.2, 0) is 25.7 Å². The maximum atomic E-state index is 14.3. The zero-order chi connectivity index (χ0) is 41.2. The number of rotatable bonds is 13. The molecule has 5 aliphatic rings. The van der Waals surface area contributed by atoms with Gasteiger partial charge in [0.2, 0.25) is 0 Å². The Morgan fingerprint density at radius 2 is 1.66 bits per heavy atom. The number of hydrogen-bond donors (Lipinski definition) is 2. The van der Waals surface area contributed by atoms with Crippen LogP contribution in [0.5, 0.6) is 0 Å². The molecule has 56 heavy (non-hydrogen) atoms. The van der Waals surface area contributed by atoms with E-state index in [1.54, 1.807) is 13.8 Å². The predicted octanol–water partition coefficient (Wildman–Crippen LogP) is 8.20. The fraction of sp³-hybridized carbons (Fsp3) is 0.787. The molecule has 5 aliphatic carbocycles. The van der Waals surface area contributed by atoms with E-state index in [0.29, 0.717) is 31.3 Å². The van der Waals surface area contributed by atoms with Gasteiger partial charge in [0.15, 0.2) is 5.78 Å². The van der Waals surface area contributed by atoms with Gasteiger partial charge in [-0.05, 0) is 137 Å². The monoisotopic (exact) mass is 776 g/mol. The first kappa shape index (κ1) is 43.0. The molecule has 9 heteroatoms.